The highest BCUT2D eigenvalue weighted by Crippen LogP contribution is 2.27. The van der Waals surface area contributed by atoms with E-state index in [0.29, 0.717) is 12.0 Å². The fraction of sp³-hybridized carbons (Fsp3) is 0.318. The Morgan fingerprint density at radius 3 is 2.57 bits per heavy atom. The molecule has 0 amide bonds. The smallest absolute Gasteiger partial charge is 0.225 e. The van der Waals surface area contributed by atoms with Crippen LogP contribution in [0.4, 0.5) is 17.5 Å². The van der Waals surface area contributed by atoms with Crippen LogP contribution in [0, 0.1) is 6.92 Å². The van der Waals surface area contributed by atoms with E-state index in [2.05, 4.69) is 50.6 Å². The zero-order valence-corrected chi connectivity index (χ0v) is 17.5. The number of hydrogen-bond donors (Lipinski definition) is 2. The molecule has 1 aromatic carbocycles. The number of hydrogen-bond acceptors (Lipinski definition) is 5. The summed E-state index contributed by atoms with van der Waals surface area (Å²) in [6.07, 6.45) is 7.99. The molecule has 2 aromatic heterocycles. The van der Waals surface area contributed by atoms with Crippen molar-refractivity contribution in [3.8, 4) is 11.4 Å². The van der Waals surface area contributed by atoms with Crippen LogP contribution in [-0.2, 0) is 0 Å². The molecule has 144 valence electrons. The van der Waals surface area contributed by atoms with Crippen LogP contribution < -0.4 is 10.6 Å². The first-order valence-electron chi connectivity index (χ1n) is 9.77. The summed E-state index contributed by atoms with van der Waals surface area (Å²) < 4.78 is 1.06. The fourth-order valence-electron chi connectivity index (χ4n) is 3.56. The minimum atomic E-state index is 0.440. The first-order chi connectivity index (χ1) is 13.7. The molecular weight excluding hydrogens is 414 g/mol. The van der Waals surface area contributed by atoms with Crippen LogP contribution in [0.5, 0.6) is 0 Å². The number of anilines is 3. The second-order valence-corrected chi connectivity index (χ2v) is 8.16. The van der Waals surface area contributed by atoms with Gasteiger partial charge >= 0.3 is 0 Å². The second-order valence-electron chi connectivity index (χ2n) is 7.24. The van der Waals surface area contributed by atoms with Gasteiger partial charge in [-0.15, -0.1) is 0 Å². The van der Waals surface area contributed by atoms with Gasteiger partial charge in [-0.25, -0.2) is 4.98 Å². The molecule has 4 rings (SSSR count). The molecule has 2 N–H and O–H groups in total. The molecule has 28 heavy (non-hydrogen) atoms. The number of halogens is 1. The van der Waals surface area contributed by atoms with Gasteiger partial charge in [0.1, 0.15) is 5.82 Å². The molecule has 5 nitrogen and oxygen atoms in total. The maximum absolute atomic E-state index is 4.74. The van der Waals surface area contributed by atoms with Crippen molar-refractivity contribution in [1.29, 1.82) is 0 Å². The van der Waals surface area contributed by atoms with Gasteiger partial charge in [-0.05, 0) is 55.7 Å². The molecule has 0 aliphatic heterocycles. The lowest BCUT2D eigenvalue weighted by molar-refractivity contribution is 0.461. The Bertz CT molecular complexity index is 939. The zero-order valence-electron chi connectivity index (χ0n) is 16.0. The van der Waals surface area contributed by atoms with Crippen molar-refractivity contribution in [1.82, 2.24) is 15.0 Å². The highest BCUT2D eigenvalue weighted by Gasteiger charge is 2.16. The SMILES string of the molecule is Cc1cc(Br)ccc1Nc1cc(-c2ccccn2)nc(NC2CCCCC2)n1. The van der Waals surface area contributed by atoms with Crippen molar-refractivity contribution >= 4 is 33.4 Å². The van der Waals surface area contributed by atoms with Crippen molar-refractivity contribution in [2.24, 2.45) is 0 Å². The Kier molecular flexibility index (Phi) is 5.86. The quantitative estimate of drug-likeness (QED) is 0.504. The Morgan fingerprint density at radius 2 is 1.82 bits per heavy atom. The molecule has 0 spiro atoms. The van der Waals surface area contributed by atoms with Gasteiger partial charge < -0.3 is 10.6 Å². The van der Waals surface area contributed by atoms with E-state index in [1.165, 1.54) is 32.1 Å². The number of rotatable bonds is 5. The summed E-state index contributed by atoms with van der Waals surface area (Å²) in [5.41, 5.74) is 3.82. The third-order valence-electron chi connectivity index (χ3n) is 5.04. The molecule has 2 heterocycles. The van der Waals surface area contributed by atoms with Gasteiger partial charge in [0.2, 0.25) is 5.95 Å². The van der Waals surface area contributed by atoms with E-state index >= 15 is 0 Å². The van der Waals surface area contributed by atoms with Gasteiger partial charge in [-0.2, -0.15) is 4.98 Å². The maximum atomic E-state index is 4.74. The molecule has 0 unspecified atom stereocenters. The first-order valence-corrected chi connectivity index (χ1v) is 10.6. The number of nitrogens with one attached hydrogen (secondary N) is 2. The Labute approximate surface area is 174 Å². The van der Waals surface area contributed by atoms with Gasteiger partial charge in [0.25, 0.3) is 0 Å². The van der Waals surface area contributed by atoms with Crippen LogP contribution in [-0.4, -0.2) is 21.0 Å². The summed E-state index contributed by atoms with van der Waals surface area (Å²) in [4.78, 5) is 13.9. The number of nitrogens with zero attached hydrogens (tertiary/aromatic N) is 3. The van der Waals surface area contributed by atoms with Crippen molar-refractivity contribution < 1.29 is 0 Å². The van der Waals surface area contributed by atoms with Crippen LogP contribution in [0.2, 0.25) is 0 Å². The van der Waals surface area contributed by atoms with E-state index in [9.17, 15) is 0 Å². The lowest BCUT2D eigenvalue weighted by Gasteiger charge is -2.23. The van der Waals surface area contributed by atoms with Gasteiger partial charge in [0.05, 0.1) is 11.4 Å². The monoisotopic (exact) mass is 437 g/mol. The summed E-state index contributed by atoms with van der Waals surface area (Å²) in [5.74, 6) is 1.42. The normalized spacial score (nSPS) is 14.6. The lowest BCUT2D eigenvalue weighted by atomic mass is 9.96. The molecule has 1 saturated carbocycles. The summed E-state index contributed by atoms with van der Waals surface area (Å²) >= 11 is 3.52. The van der Waals surface area contributed by atoms with E-state index < -0.39 is 0 Å². The Morgan fingerprint density at radius 1 is 0.964 bits per heavy atom. The Balaban J connectivity index is 1.66. The highest BCUT2D eigenvalue weighted by molar-refractivity contribution is 9.10. The van der Waals surface area contributed by atoms with Crippen molar-refractivity contribution in [2.75, 3.05) is 10.6 Å². The third kappa shape index (κ3) is 4.68. The van der Waals surface area contributed by atoms with E-state index in [-0.39, 0.29) is 0 Å². The minimum absolute atomic E-state index is 0.440. The summed E-state index contributed by atoms with van der Waals surface area (Å²) in [6.45, 7) is 2.08. The van der Waals surface area contributed by atoms with Crippen LogP contribution in [0.15, 0.2) is 53.1 Å². The van der Waals surface area contributed by atoms with E-state index in [1.54, 1.807) is 6.20 Å². The standard InChI is InChI=1S/C22H24BrN5/c1-15-13-16(23)10-11-18(15)26-21-14-20(19-9-5-6-12-24-19)27-22(28-21)25-17-7-3-2-4-8-17/h5-6,9-14,17H,2-4,7-8H2,1H3,(H2,25,26,27,28). The summed E-state index contributed by atoms with van der Waals surface area (Å²) in [6, 6.07) is 14.4. The molecule has 0 atom stereocenters. The molecule has 6 heteroatoms. The predicted molar refractivity (Wildman–Crippen MR) is 118 cm³/mol. The molecule has 1 aliphatic carbocycles. The fourth-order valence-corrected chi connectivity index (χ4v) is 4.03. The largest absolute Gasteiger partial charge is 0.351 e. The molecule has 1 aliphatic rings. The second kappa shape index (κ2) is 8.69. The number of aromatic nitrogens is 3. The van der Waals surface area contributed by atoms with E-state index in [4.69, 9.17) is 9.97 Å². The van der Waals surface area contributed by atoms with Crippen LogP contribution in [0.3, 0.4) is 0 Å². The number of pyridine rings is 1. The first kappa shape index (κ1) is 18.9. The molecule has 0 bridgehead atoms. The lowest BCUT2D eigenvalue weighted by Crippen LogP contribution is -2.23. The molecule has 1 fully saturated rings. The van der Waals surface area contributed by atoms with Gasteiger partial charge in [0.15, 0.2) is 0 Å². The van der Waals surface area contributed by atoms with Crippen LogP contribution in [0.25, 0.3) is 11.4 Å². The molecule has 0 saturated heterocycles. The van der Waals surface area contributed by atoms with Crippen molar-refractivity contribution in [2.45, 2.75) is 45.1 Å². The minimum Gasteiger partial charge on any atom is -0.351 e. The molecule has 3 aromatic rings. The van der Waals surface area contributed by atoms with Crippen LogP contribution >= 0.6 is 15.9 Å². The van der Waals surface area contributed by atoms with E-state index in [1.807, 2.05) is 30.3 Å². The van der Waals surface area contributed by atoms with Gasteiger partial charge in [-0.3, -0.25) is 4.98 Å². The van der Waals surface area contributed by atoms with Crippen molar-refractivity contribution in [3.05, 3.63) is 58.7 Å². The van der Waals surface area contributed by atoms with Gasteiger partial charge in [-0.1, -0.05) is 41.3 Å². The summed E-state index contributed by atoms with van der Waals surface area (Å²) in [5, 5.41) is 6.99. The Hall–Kier alpha value is -2.47. The number of benzene rings is 1. The third-order valence-corrected chi connectivity index (χ3v) is 5.54. The number of aryl methyl sites for hydroxylation is 1. The highest BCUT2D eigenvalue weighted by atomic mass is 79.9. The van der Waals surface area contributed by atoms with Crippen molar-refractivity contribution in [3.63, 3.8) is 0 Å². The summed E-state index contributed by atoms with van der Waals surface area (Å²) in [7, 11) is 0. The zero-order chi connectivity index (χ0) is 19.3. The average molecular weight is 438 g/mol. The van der Waals surface area contributed by atoms with Gasteiger partial charge in [0, 0.05) is 28.5 Å². The average Bonchev–Trinajstić information content (AvgIpc) is 2.71. The molecular formula is C22H24BrN5. The molecule has 0 radical (unpaired) electrons. The topological polar surface area (TPSA) is 62.7 Å². The van der Waals surface area contributed by atoms with Crippen LogP contribution in [0.1, 0.15) is 37.7 Å². The predicted octanol–water partition coefficient (Wildman–Crippen LogP) is 6.10. The maximum Gasteiger partial charge on any atom is 0.225 e. The van der Waals surface area contributed by atoms with E-state index in [0.717, 1.165) is 32.9 Å².